The number of hydrogen-bond donors (Lipinski definition) is 2. The molecule has 1 aliphatic rings. The molecule has 4 nitrogen and oxygen atoms in total. The van der Waals surface area contributed by atoms with Crippen molar-refractivity contribution in [3.63, 3.8) is 0 Å². The fourth-order valence-corrected chi connectivity index (χ4v) is 2.65. The summed E-state index contributed by atoms with van der Waals surface area (Å²) in [4.78, 5) is 13.4. The standard InChI is InChI=1S/C15H23N3O/c1-10(7-8-16)15(17)12-3-5-13-11(9-12)4-6-14(19)18(13)2/h3,5,9-10,15H,4,6-8,16-17H2,1-2H3. The molecule has 0 aliphatic carbocycles. The smallest absolute Gasteiger partial charge is 0.227 e. The van der Waals surface area contributed by atoms with E-state index < -0.39 is 0 Å². The van der Waals surface area contributed by atoms with E-state index in [-0.39, 0.29) is 11.9 Å². The summed E-state index contributed by atoms with van der Waals surface area (Å²) in [6.45, 7) is 2.80. The van der Waals surface area contributed by atoms with E-state index in [0.29, 0.717) is 18.9 Å². The van der Waals surface area contributed by atoms with Crippen molar-refractivity contribution in [1.29, 1.82) is 0 Å². The van der Waals surface area contributed by atoms with Crippen molar-refractivity contribution in [2.75, 3.05) is 18.5 Å². The Kier molecular flexibility index (Phi) is 4.22. The van der Waals surface area contributed by atoms with Crippen molar-refractivity contribution in [3.05, 3.63) is 29.3 Å². The molecule has 2 unspecified atom stereocenters. The van der Waals surface area contributed by atoms with Gasteiger partial charge < -0.3 is 16.4 Å². The first-order valence-corrected chi connectivity index (χ1v) is 6.89. The van der Waals surface area contributed by atoms with Gasteiger partial charge in [-0.1, -0.05) is 19.1 Å². The van der Waals surface area contributed by atoms with Crippen molar-refractivity contribution >= 4 is 11.6 Å². The minimum absolute atomic E-state index is 0.0109. The lowest BCUT2D eigenvalue weighted by molar-refractivity contribution is -0.118. The van der Waals surface area contributed by atoms with E-state index in [4.69, 9.17) is 11.5 Å². The zero-order valence-corrected chi connectivity index (χ0v) is 11.7. The van der Waals surface area contributed by atoms with E-state index in [9.17, 15) is 4.79 Å². The van der Waals surface area contributed by atoms with Crippen LogP contribution in [0.5, 0.6) is 0 Å². The first-order valence-electron chi connectivity index (χ1n) is 6.89. The van der Waals surface area contributed by atoms with Gasteiger partial charge in [0, 0.05) is 25.2 Å². The van der Waals surface area contributed by atoms with Gasteiger partial charge >= 0.3 is 0 Å². The van der Waals surface area contributed by atoms with Crippen LogP contribution in [0.1, 0.15) is 36.9 Å². The maximum atomic E-state index is 11.7. The number of aryl methyl sites for hydroxylation is 1. The van der Waals surface area contributed by atoms with Crippen LogP contribution < -0.4 is 16.4 Å². The first-order chi connectivity index (χ1) is 9.04. The lowest BCUT2D eigenvalue weighted by Gasteiger charge is -2.28. The number of anilines is 1. The molecule has 2 rings (SSSR count). The van der Waals surface area contributed by atoms with Gasteiger partial charge in [0.1, 0.15) is 0 Å². The summed E-state index contributed by atoms with van der Waals surface area (Å²) in [5.74, 6) is 0.548. The molecule has 4 heteroatoms. The minimum Gasteiger partial charge on any atom is -0.330 e. The maximum Gasteiger partial charge on any atom is 0.227 e. The van der Waals surface area contributed by atoms with Crippen molar-refractivity contribution in [1.82, 2.24) is 0 Å². The number of carbonyl (C=O) groups excluding carboxylic acids is 1. The van der Waals surface area contributed by atoms with Crippen LogP contribution in [0.15, 0.2) is 18.2 Å². The van der Waals surface area contributed by atoms with Crippen LogP contribution in [-0.4, -0.2) is 19.5 Å². The Morgan fingerprint density at radius 2 is 2.11 bits per heavy atom. The first kappa shape index (κ1) is 14.0. The Balaban J connectivity index is 2.24. The summed E-state index contributed by atoms with van der Waals surface area (Å²) in [6, 6.07) is 6.20. The molecule has 1 aromatic carbocycles. The molecule has 1 aromatic rings. The van der Waals surface area contributed by atoms with Crippen molar-refractivity contribution < 1.29 is 4.79 Å². The predicted molar refractivity (Wildman–Crippen MR) is 77.9 cm³/mol. The second-order valence-electron chi connectivity index (χ2n) is 5.42. The highest BCUT2D eigenvalue weighted by molar-refractivity contribution is 5.95. The molecule has 0 fully saturated rings. The molecule has 0 aromatic heterocycles. The van der Waals surface area contributed by atoms with Crippen LogP contribution in [0.25, 0.3) is 0 Å². The topological polar surface area (TPSA) is 72.3 Å². The minimum atomic E-state index is 0.0109. The SMILES string of the molecule is CC(CCN)C(N)c1ccc2c(c1)CCC(=O)N2C. The van der Waals surface area contributed by atoms with Crippen molar-refractivity contribution in [2.45, 2.75) is 32.2 Å². The summed E-state index contributed by atoms with van der Waals surface area (Å²) in [6.07, 6.45) is 2.32. The van der Waals surface area contributed by atoms with E-state index in [2.05, 4.69) is 13.0 Å². The molecule has 0 saturated carbocycles. The molecule has 1 heterocycles. The lowest BCUT2D eigenvalue weighted by atomic mass is 9.90. The second kappa shape index (κ2) is 5.72. The zero-order valence-electron chi connectivity index (χ0n) is 11.7. The average molecular weight is 261 g/mol. The Bertz CT molecular complexity index is 472. The van der Waals surface area contributed by atoms with Gasteiger partial charge in [-0.3, -0.25) is 4.79 Å². The highest BCUT2D eigenvalue weighted by Gasteiger charge is 2.22. The van der Waals surface area contributed by atoms with Crippen molar-refractivity contribution in [3.8, 4) is 0 Å². The molecule has 0 bridgehead atoms. The van der Waals surface area contributed by atoms with Gasteiger partial charge in [-0.25, -0.2) is 0 Å². The van der Waals surface area contributed by atoms with E-state index >= 15 is 0 Å². The molecule has 0 saturated heterocycles. The number of nitrogens with two attached hydrogens (primary N) is 2. The molecule has 0 radical (unpaired) electrons. The molecular formula is C15H23N3O. The van der Waals surface area contributed by atoms with Gasteiger partial charge in [0.2, 0.25) is 5.91 Å². The van der Waals surface area contributed by atoms with E-state index in [1.54, 1.807) is 4.90 Å². The monoisotopic (exact) mass is 261 g/mol. The van der Waals surface area contributed by atoms with E-state index in [1.807, 2.05) is 19.2 Å². The normalized spacial score (nSPS) is 18.1. The van der Waals surface area contributed by atoms with Crippen molar-refractivity contribution in [2.24, 2.45) is 17.4 Å². The van der Waals surface area contributed by atoms with Gasteiger partial charge in [0.05, 0.1) is 0 Å². The third-order valence-corrected chi connectivity index (χ3v) is 4.07. The summed E-state index contributed by atoms with van der Waals surface area (Å²) >= 11 is 0. The molecule has 104 valence electrons. The summed E-state index contributed by atoms with van der Waals surface area (Å²) < 4.78 is 0. The highest BCUT2D eigenvalue weighted by atomic mass is 16.2. The Hall–Kier alpha value is -1.39. The van der Waals surface area contributed by atoms with Crippen LogP contribution in [-0.2, 0) is 11.2 Å². The largest absolute Gasteiger partial charge is 0.330 e. The number of benzene rings is 1. The van der Waals surface area contributed by atoms with Crippen LogP contribution in [0.2, 0.25) is 0 Å². The van der Waals surface area contributed by atoms with Gasteiger partial charge in [-0.05, 0) is 42.5 Å². The second-order valence-corrected chi connectivity index (χ2v) is 5.42. The van der Waals surface area contributed by atoms with Gasteiger partial charge in [-0.15, -0.1) is 0 Å². The number of rotatable bonds is 4. The number of fused-ring (bicyclic) bond motifs is 1. The Morgan fingerprint density at radius 1 is 1.37 bits per heavy atom. The Labute approximate surface area is 114 Å². The summed E-state index contributed by atoms with van der Waals surface area (Å²) in [7, 11) is 1.83. The van der Waals surface area contributed by atoms with Gasteiger partial charge in [-0.2, -0.15) is 0 Å². The third-order valence-electron chi connectivity index (χ3n) is 4.07. The molecular weight excluding hydrogens is 238 g/mol. The molecule has 19 heavy (non-hydrogen) atoms. The number of carbonyl (C=O) groups is 1. The Morgan fingerprint density at radius 3 is 2.79 bits per heavy atom. The number of amides is 1. The van der Waals surface area contributed by atoms with Gasteiger partial charge in [0.15, 0.2) is 0 Å². The molecule has 2 atom stereocenters. The fraction of sp³-hybridized carbons (Fsp3) is 0.533. The number of hydrogen-bond acceptors (Lipinski definition) is 3. The predicted octanol–water partition coefficient (Wildman–Crippen LogP) is 1.58. The van der Waals surface area contributed by atoms with E-state index in [1.165, 1.54) is 5.56 Å². The van der Waals surface area contributed by atoms with Crippen LogP contribution in [0.3, 0.4) is 0 Å². The summed E-state index contributed by atoms with van der Waals surface area (Å²) in [5.41, 5.74) is 15.2. The lowest BCUT2D eigenvalue weighted by Crippen LogP contribution is -2.31. The fourth-order valence-electron chi connectivity index (χ4n) is 2.65. The molecule has 4 N–H and O–H groups in total. The van der Waals surface area contributed by atoms with E-state index in [0.717, 1.165) is 24.1 Å². The average Bonchev–Trinajstić information content (AvgIpc) is 2.42. The van der Waals surface area contributed by atoms with Crippen LogP contribution in [0, 0.1) is 5.92 Å². The molecule has 1 amide bonds. The van der Waals surface area contributed by atoms with Gasteiger partial charge in [0.25, 0.3) is 0 Å². The quantitative estimate of drug-likeness (QED) is 0.864. The maximum absolute atomic E-state index is 11.7. The number of nitrogens with zero attached hydrogens (tertiary/aromatic N) is 1. The van der Waals surface area contributed by atoms with Crippen LogP contribution in [0.4, 0.5) is 5.69 Å². The third kappa shape index (κ3) is 2.80. The summed E-state index contributed by atoms with van der Waals surface area (Å²) in [5, 5.41) is 0. The molecule has 0 spiro atoms. The van der Waals surface area contributed by atoms with Crippen LogP contribution >= 0.6 is 0 Å². The highest BCUT2D eigenvalue weighted by Crippen LogP contribution is 2.31. The molecule has 1 aliphatic heterocycles. The zero-order chi connectivity index (χ0) is 14.0.